The van der Waals surface area contributed by atoms with Crippen LogP contribution in [-0.2, 0) is 19.0 Å². The van der Waals surface area contributed by atoms with Crippen molar-refractivity contribution >= 4 is 11.5 Å². The minimum absolute atomic E-state index is 0.388. The molecule has 2 aromatic carbocycles. The molecular formula is C24H24F3N3O. The Morgan fingerprint density at radius 2 is 1.87 bits per heavy atom. The summed E-state index contributed by atoms with van der Waals surface area (Å²) in [6.45, 7) is 2.61. The number of benzene rings is 2. The number of pyridine rings is 1. The van der Waals surface area contributed by atoms with Gasteiger partial charge in [0.1, 0.15) is 12.0 Å². The summed E-state index contributed by atoms with van der Waals surface area (Å²) in [6, 6.07) is 15.1. The molecular weight excluding hydrogens is 403 g/mol. The molecule has 3 aromatic rings. The molecule has 1 atom stereocenters. The largest absolute Gasteiger partial charge is 0.416 e. The van der Waals surface area contributed by atoms with Crippen LogP contribution >= 0.6 is 0 Å². The standard InChI is InChI=1S/C24H24F3N3O/c1-15-11-17(12-16-5-3-6-18(13-16)24(25,26)27)14-22(29-15)30-10-9-19-20(23(31)28-2)7-4-8-21(19)30/h3-8,11,13-14,23,28,31H,9-10,12H2,1-2H3. The van der Waals surface area contributed by atoms with Gasteiger partial charge >= 0.3 is 6.18 Å². The lowest BCUT2D eigenvalue weighted by molar-refractivity contribution is -0.137. The summed E-state index contributed by atoms with van der Waals surface area (Å²) in [7, 11) is 1.71. The number of aliphatic hydroxyl groups excluding tert-OH is 1. The van der Waals surface area contributed by atoms with E-state index in [-0.39, 0.29) is 0 Å². The average molecular weight is 427 g/mol. The maximum atomic E-state index is 13.1. The van der Waals surface area contributed by atoms with E-state index in [1.54, 1.807) is 13.1 Å². The zero-order chi connectivity index (χ0) is 22.2. The molecule has 0 saturated carbocycles. The number of halogens is 3. The molecule has 162 valence electrons. The molecule has 2 N–H and O–H groups in total. The lowest BCUT2D eigenvalue weighted by atomic mass is 10.0. The quantitative estimate of drug-likeness (QED) is 0.569. The van der Waals surface area contributed by atoms with E-state index in [1.165, 1.54) is 12.1 Å². The third-order valence-electron chi connectivity index (χ3n) is 5.57. The molecule has 0 aliphatic carbocycles. The number of aromatic nitrogens is 1. The molecule has 0 bridgehead atoms. The Morgan fingerprint density at radius 1 is 1.10 bits per heavy atom. The summed E-state index contributed by atoms with van der Waals surface area (Å²) >= 11 is 0. The normalized spacial score (nSPS) is 14.6. The minimum Gasteiger partial charge on any atom is -0.374 e. The summed E-state index contributed by atoms with van der Waals surface area (Å²) in [4.78, 5) is 6.78. The lowest BCUT2D eigenvalue weighted by Crippen LogP contribution is -2.17. The average Bonchev–Trinajstić information content (AvgIpc) is 3.16. The van der Waals surface area contributed by atoms with Gasteiger partial charge in [-0.05, 0) is 67.8 Å². The van der Waals surface area contributed by atoms with Crippen molar-refractivity contribution in [1.82, 2.24) is 10.3 Å². The monoisotopic (exact) mass is 427 g/mol. The summed E-state index contributed by atoms with van der Waals surface area (Å²) in [5, 5.41) is 13.1. The summed E-state index contributed by atoms with van der Waals surface area (Å²) < 4.78 is 39.2. The second-order valence-corrected chi connectivity index (χ2v) is 7.79. The number of hydrogen-bond acceptors (Lipinski definition) is 4. The molecule has 1 aliphatic rings. The van der Waals surface area contributed by atoms with Gasteiger partial charge in [0.15, 0.2) is 0 Å². The SMILES string of the molecule is CNC(O)c1cccc2c1CCN2c1cc(Cc2cccc(C(F)(F)F)c2)cc(C)n1. The van der Waals surface area contributed by atoms with Gasteiger partial charge in [-0.3, -0.25) is 5.32 Å². The first-order valence-electron chi connectivity index (χ1n) is 10.1. The highest BCUT2D eigenvalue weighted by Gasteiger charge is 2.30. The smallest absolute Gasteiger partial charge is 0.374 e. The number of aryl methyl sites for hydroxylation is 1. The fourth-order valence-corrected chi connectivity index (χ4v) is 4.17. The van der Waals surface area contributed by atoms with E-state index in [9.17, 15) is 18.3 Å². The molecule has 0 fully saturated rings. The van der Waals surface area contributed by atoms with Crippen LogP contribution in [0.2, 0.25) is 0 Å². The Labute approximate surface area is 179 Å². The lowest BCUT2D eigenvalue weighted by Gasteiger charge is -2.21. The molecule has 7 heteroatoms. The zero-order valence-electron chi connectivity index (χ0n) is 17.4. The van der Waals surface area contributed by atoms with Crippen molar-refractivity contribution in [2.24, 2.45) is 0 Å². The number of fused-ring (bicyclic) bond motifs is 1. The first-order chi connectivity index (χ1) is 14.8. The van der Waals surface area contributed by atoms with Crippen LogP contribution in [0, 0.1) is 6.92 Å². The van der Waals surface area contributed by atoms with Gasteiger partial charge in [-0.1, -0.05) is 30.3 Å². The van der Waals surface area contributed by atoms with Gasteiger partial charge in [-0.2, -0.15) is 13.2 Å². The van der Waals surface area contributed by atoms with Crippen molar-refractivity contribution in [3.8, 4) is 0 Å². The fourth-order valence-electron chi connectivity index (χ4n) is 4.17. The molecule has 0 spiro atoms. The predicted octanol–water partition coefficient (Wildman–Crippen LogP) is 4.90. The zero-order valence-corrected chi connectivity index (χ0v) is 17.4. The Bertz CT molecular complexity index is 1100. The van der Waals surface area contributed by atoms with Crippen LogP contribution in [0.15, 0.2) is 54.6 Å². The van der Waals surface area contributed by atoms with Gasteiger partial charge in [0.25, 0.3) is 0 Å². The Balaban J connectivity index is 1.65. The summed E-state index contributed by atoms with van der Waals surface area (Å²) in [6.07, 6.45) is -3.93. The van der Waals surface area contributed by atoms with Gasteiger partial charge in [0, 0.05) is 23.5 Å². The van der Waals surface area contributed by atoms with Crippen molar-refractivity contribution in [3.05, 3.63) is 88.1 Å². The topological polar surface area (TPSA) is 48.4 Å². The van der Waals surface area contributed by atoms with E-state index in [2.05, 4.69) is 15.2 Å². The Morgan fingerprint density at radius 3 is 2.61 bits per heavy atom. The highest BCUT2D eigenvalue weighted by molar-refractivity contribution is 5.70. The van der Waals surface area contributed by atoms with Crippen molar-refractivity contribution < 1.29 is 18.3 Å². The first kappa shape index (κ1) is 21.3. The second-order valence-electron chi connectivity index (χ2n) is 7.79. The van der Waals surface area contributed by atoms with Gasteiger partial charge in [-0.15, -0.1) is 0 Å². The van der Waals surface area contributed by atoms with Crippen LogP contribution in [0.1, 0.15) is 39.7 Å². The van der Waals surface area contributed by atoms with Gasteiger partial charge < -0.3 is 10.0 Å². The van der Waals surface area contributed by atoms with Crippen LogP contribution in [0.5, 0.6) is 0 Å². The number of rotatable bonds is 5. The van der Waals surface area contributed by atoms with Crippen LogP contribution in [0.25, 0.3) is 0 Å². The van der Waals surface area contributed by atoms with Crippen LogP contribution in [0.3, 0.4) is 0 Å². The first-order valence-corrected chi connectivity index (χ1v) is 10.1. The van der Waals surface area contributed by atoms with E-state index in [1.807, 2.05) is 37.3 Å². The van der Waals surface area contributed by atoms with E-state index >= 15 is 0 Å². The molecule has 1 aromatic heterocycles. The van der Waals surface area contributed by atoms with Crippen molar-refractivity contribution in [2.45, 2.75) is 32.2 Å². The van der Waals surface area contributed by atoms with E-state index < -0.39 is 18.0 Å². The molecule has 1 aliphatic heterocycles. The number of nitrogens with zero attached hydrogens (tertiary/aromatic N) is 2. The fraction of sp³-hybridized carbons (Fsp3) is 0.292. The van der Waals surface area contributed by atoms with E-state index in [0.717, 1.165) is 52.9 Å². The maximum absolute atomic E-state index is 13.1. The van der Waals surface area contributed by atoms with Crippen molar-refractivity contribution in [3.63, 3.8) is 0 Å². The molecule has 4 rings (SSSR count). The minimum atomic E-state index is -4.36. The summed E-state index contributed by atoms with van der Waals surface area (Å²) in [5.74, 6) is 0.761. The third kappa shape index (κ3) is 4.43. The molecule has 0 amide bonds. The highest BCUT2D eigenvalue weighted by Crippen LogP contribution is 2.37. The molecule has 0 saturated heterocycles. The summed E-state index contributed by atoms with van der Waals surface area (Å²) in [5.41, 5.74) is 4.59. The Hall–Kier alpha value is -2.90. The molecule has 4 nitrogen and oxygen atoms in total. The van der Waals surface area contributed by atoms with E-state index in [0.29, 0.717) is 12.0 Å². The number of aliphatic hydroxyl groups is 1. The van der Waals surface area contributed by atoms with Crippen LogP contribution in [-0.4, -0.2) is 23.7 Å². The predicted molar refractivity (Wildman–Crippen MR) is 114 cm³/mol. The molecule has 31 heavy (non-hydrogen) atoms. The number of anilines is 2. The Kier molecular flexibility index (Phi) is 5.73. The molecule has 1 unspecified atom stereocenters. The maximum Gasteiger partial charge on any atom is 0.416 e. The molecule has 2 heterocycles. The molecule has 0 radical (unpaired) electrons. The van der Waals surface area contributed by atoms with Crippen LogP contribution < -0.4 is 10.2 Å². The van der Waals surface area contributed by atoms with Gasteiger partial charge in [0.2, 0.25) is 0 Å². The van der Waals surface area contributed by atoms with Gasteiger partial charge in [0.05, 0.1) is 5.56 Å². The number of hydrogen-bond donors (Lipinski definition) is 2. The third-order valence-corrected chi connectivity index (χ3v) is 5.57. The highest BCUT2D eigenvalue weighted by atomic mass is 19.4. The number of nitrogens with one attached hydrogen (secondary N) is 1. The van der Waals surface area contributed by atoms with Crippen LogP contribution in [0.4, 0.5) is 24.7 Å². The number of alkyl halides is 3. The second kappa shape index (κ2) is 8.32. The van der Waals surface area contributed by atoms with Crippen molar-refractivity contribution in [2.75, 3.05) is 18.5 Å². The van der Waals surface area contributed by atoms with Gasteiger partial charge in [-0.25, -0.2) is 4.98 Å². The van der Waals surface area contributed by atoms with E-state index in [4.69, 9.17) is 0 Å². The van der Waals surface area contributed by atoms with Crippen molar-refractivity contribution in [1.29, 1.82) is 0 Å².